The van der Waals surface area contributed by atoms with Crippen molar-refractivity contribution in [3.63, 3.8) is 0 Å². The number of anilines is 1. The van der Waals surface area contributed by atoms with Crippen LogP contribution in [-0.4, -0.2) is 12.4 Å². The van der Waals surface area contributed by atoms with Crippen LogP contribution in [0.15, 0.2) is 47.4 Å². The average molecular weight is 289 g/mol. The van der Waals surface area contributed by atoms with Crippen molar-refractivity contribution in [2.75, 3.05) is 18.1 Å². The summed E-state index contributed by atoms with van der Waals surface area (Å²) in [7, 11) is 0. The zero-order chi connectivity index (χ0) is 13.9. The second kappa shape index (κ2) is 5.85. The smallest absolute Gasteiger partial charge is 0.124 e. The Labute approximate surface area is 122 Å². The van der Waals surface area contributed by atoms with Crippen LogP contribution in [-0.2, 0) is 11.2 Å². The molecule has 2 aromatic carbocycles. The zero-order valence-electron chi connectivity index (χ0n) is 11.0. The third-order valence-corrected chi connectivity index (χ3v) is 4.59. The number of hydrogen-bond donors (Lipinski definition) is 1. The number of rotatable bonds is 3. The van der Waals surface area contributed by atoms with Crippen LogP contribution in [0.25, 0.3) is 0 Å². The molecule has 1 atom stereocenters. The standard InChI is InChI=1S/C16H16FNOS/c17-12-5-6-14(18)16(9-12)20-10-15-13-4-2-1-3-11(13)7-8-19-15/h1-6,9,15H,7-8,10,18H2. The fraction of sp³-hybridized carbons (Fsp3) is 0.250. The second-order valence-electron chi connectivity index (χ2n) is 4.80. The van der Waals surface area contributed by atoms with Gasteiger partial charge in [0.2, 0.25) is 0 Å². The molecule has 0 radical (unpaired) electrons. The van der Waals surface area contributed by atoms with Gasteiger partial charge in [0, 0.05) is 16.3 Å². The molecule has 1 unspecified atom stereocenters. The average Bonchev–Trinajstić information content (AvgIpc) is 2.48. The van der Waals surface area contributed by atoms with E-state index in [1.54, 1.807) is 17.8 Å². The SMILES string of the molecule is Nc1ccc(F)cc1SCC1OCCc2ccccc21. The summed E-state index contributed by atoms with van der Waals surface area (Å²) >= 11 is 1.54. The Morgan fingerprint density at radius 1 is 1.25 bits per heavy atom. The third-order valence-electron chi connectivity index (χ3n) is 3.46. The maximum atomic E-state index is 13.3. The molecular weight excluding hydrogens is 273 g/mol. The molecule has 4 heteroatoms. The summed E-state index contributed by atoms with van der Waals surface area (Å²) in [6.07, 6.45) is 1.01. The Bertz CT molecular complexity index is 617. The van der Waals surface area contributed by atoms with E-state index in [2.05, 4.69) is 18.2 Å². The van der Waals surface area contributed by atoms with E-state index in [0.29, 0.717) is 5.69 Å². The van der Waals surface area contributed by atoms with Gasteiger partial charge in [-0.15, -0.1) is 11.8 Å². The molecule has 20 heavy (non-hydrogen) atoms. The Morgan fingerprint density at radius 3 is 3.00 bits per heavy atom. The summed E-state index contributed by atoms with van der Waals surface area (Å²) in [4.78, 5) is 0.775. The van der Waals surface area contributed by atoms with Gasteiger partial charge in [-0.3, -0.25) is 0 Å². The predicted octanol–water partition coefficient (Wildman–Crippen LogP) is 3.81. The van der Waals surface area contributed by atoms with E-state index in [9.17, 15) is 4.39 Å². The molecule has 0 amide bonds. The summed E-state index contributed by atoms with van der Waals surface area (Å²) < 4.78 is 19.1. The number of nitrogen functional groups attached to an aromatic ring is 1. The van der Waals surface area contributed by atoms with Crippen LogP contribution in [0.3, 0.4) is 0 Å². The first-order valence-electron chi connectivity index (χ1n) is 6.61. The van der Waals surface area contributed by atoms with Crippen molar-refractivity contribution in [2.45, 2.75) is 17.4 Å². The lowest BCUT2D eigenvalue weighted by Crippen LogP contribution is -2.17. The quantitative estimate of drug-likeness (QED) is 0.689. The highest BCUT2D eigenvalue weighted by molar-refractivity contribution is 7.99. The first kappa shape index (κ1) is 13.5. The molecule has 2 N–H and O–H groups in total. The van der Waals surface area contributed by atoms with Gasteiger partial charge in [-0.25, -0.2) is 4.39 Å². The van der Waals surface area contributed by atoms with Crippen molar-refractivity contribution in [1.29, 1.82) is 0 Å². The number of benzene rings is 2. The topological polar surface area (TPSA) is 35.2 Å². The molecule has 0 saturated carbocycles. The van der Waals surface area contributed by atoms with E-state index < -0.39 is 0 Å². The molecule has 1 aliphatic heterocycles. The summed E-state index contributed by atoms with van der Waals surface area (Å²) in [6.45, 7) is 0.737. The van der Waals surface area contributed by atoms with Gasteiger partial charge in [0.1, 0.15) is 5.82 Å². The van der Waals surface area contributed by atoms with Gasteiger partial charge in [-0.2, -0.15) is 0 Å². The molecule has 104 valence electrons. The van der Waals surface area contributed by atoms with Crippen molar-refractivity contribution in [3.05, 3.63) is 59.4 Å². The minimum atomic E-state index is -0.258. The highest BCUT2D eigenvalue weighted by Crippen LogP contribution is 2.34. The second-order valence-corrected chi connectivity index (χ2v) is 5.86. The molecular formula is C16H16FNOS. The molecule has 2 nitrogen and oxygen atoms in total. The molecule has 0 bridgehead atoms. The van der Waals surface area contributed by atoms with Gasteiger partial charge in [0.15, 0.2) is 0 Å². The Kier molecular flexibility index (Phi) is 3.94. The van der Waals surface area contributed by atoms with Gasteiger partial charge in [0.25, 0.3) is 0 Å². The molecule has 0 saturated heterocycles. The summed E-state index contributed by atoms with van der Waals surface area (Å²) in [5.74, 6) is 0.483. The molecule has 2 aromatic rings. The lowest BCUT2D eigenvalue weighted by molar-refractivity contribution is 0.0588. The van der Waals surface area contributed by atoms with Crippen LogP contribution in [0.1, 0.15) is 17.2 Å². The maximum absolute atomic E-state index is 13.3. The normalized spacial score (nSPS) is 17.8. The molecule has 1 aliphatic rings. The summed E-state index contributed by atoms with van der Waals surface area (Å²) in [5.41, 5.74) is 9.06. The highest BCUT2D eigenvalue weighted by atomic mass is 32.2. The van der Waals surface area contributed by atoms with Crippen LogP contribution in [0.5, 0.6) is 0 Å². The molecule has 0 spiro atoms. The van der Waals surface area contributed by atoms with Crippen molar-refractivity contribution >= 4 is 17.4 Å². The van der Waals surface area contributed by atoms with Gasteiger partial charge < -0.3 is 10.5 Å². The van der Waals surface area contributed by atoms with Crippen molar-refractivity contribution < 1.29 is 9.13 Å². The van der Waals surface area contributed by atoms with Gasteiger partial charge in [-0.1, -0.05) is 24.3 Å². The van der Waals surface area contributed by atoms with Crippen molar-refractivity contribution in [1.82, 2.24) is 0 Å². The Balaban J connectivity index is 1.75. The van der Waals surface area contributed by atoms with E-state index in [-0.39, 0.29) is 11.9 Å². The number of hydrogen-bond acceptors (Lipinski definition) is 3. The lowest BCUT2D eigenvalue weighted by Gasteiger charge is -2.25. The third kappa shape index (κ3) is 2.81. The van der Waals surface area contributed by atoms with Crippen LogP contribution in [0, 0.1) is 5.82 Å². The predicted molar refractivity (Wildman–Crippen MR) is 80.4 cm³/mol. The van der Waals surface area contributed by atoms with Crippen molar-refractivity contribution in [2.24, 2.45) is 0 Å². The van der Waals surface area contributed by atoms with Gasteiger partial charge in [-0.05, 0) is 35.7 Å². The van der Waals surface area contributed by atoms with Gasteiger partial charge >= 0.3 is 0 Å². The first-order valence-corrected chi connectivity index (χ1v) is 7.60. The van der Waals surface area contributed by atoms with E-state index in [0.717, 1.165) is 23.7 Å². The number of thioether (sulfide) groups is 1. The molecule has 1 heterocycles. The van der Waals surface area contributed by atoms with E-state index in [4.69, 9.17) is 10.5 Å². The largest absolute Gasteiger partial charge is 0.398 e. The van der Waals surface area contributed by atoms with E-state index in [1.807, 2.05) is 6.07 Å². The van der Waals surface area contributed by atoms with E-state index in [1.165, 1.54) is 23.3 Å². The Hall–Kier alpha value is -1.52. The summed E-state index contributed by atoms with van der Waals surface area (Å²) in [6, 6.07) is 12.8. The highest BCUT2D eigenvalue weighted by Gasteiger charge is 2.20. The first-order chi connectivity index (χ1) is 9.74. The Morgan fingerprint density at radius 2 is 2.10 bits per heavy atom. The number of halogens is 1. The molecule has 0 aliphatic carbocycles. The minimum Gasteiger partial charge on any atom is -0.398 e. The van der Waals surface area contributed by atoms with Crippen LogP contribution >= 0.6 is 11.8 Å². The number of nitrogens with two attached hydrogens (primary N) is 1. The molecule has 3 rings (SSSR count). The number of ether oxygens (including phenoxy) is 1. The zero-order valence-corrected chi connectivity index (χ0v) is 11.8. The molecule has 0 fully saturated rings. The van der Waals surface area contributed by atoms with Crippen LogP contribution < -0.4 is 5.73 Å². The minimum absolute atomic E-state index is 0.0487. The maximum Gasteiger partial charge on any atom is 0.124 e. The fourth-order valence-electron chi connectivity index (χ4n) is 2.41. The van der Waals surface area contributed by atoms with Crippen molar-refractivity contribution in [3.8, 4) is 0 Å². The van der Waals surface area contributed by atoms with Crippen LogP contribution in [0.2, 0.25) is 0 Å². The summed E-state index contributed by atoms with van der Waals surface area (Å²) in [5, 5.41) is 0. The lowest BCUT2D eigenvalue weighted by atomic mass is 9.99. The van der Waals surface area contributed by atoms with Gasteiger partial charge in [0.05, 0.1) is 12.7 Å². The monoisotopic (exact) mass is 289 g/mol. The number of fused-ring (bicyclic) bond motifs is 1. The van der Waals surface area contributed by atoms with E-state index >= 15 is 0 Å². The van der Waals surface area contributed by atoms with Crippen LogP contribution in [0.4, 0.5) is 10.1 Å². The fourth-order valence-corrected chi connectivity index (χ4v) is 3.45. The molecule has 0 aromatic heterocycles.